The fourth-order valence-electron chi connectivity index (χ4n) is 1.98. The molecule has 0 aromatic heterocycles. The van der Waals surface area contributed by atoms with Gasteiger partial charge in [-0.25, -0.2) is 19.6 Å². The van der Waals surface area contributed by atoms with Crippen molar-refractivity contribution in [1.82, 2.24) is 10.9 Å². The summed E-state index contributed by atoms with van der Waals surface area (Å²) in [5, 5.41) is 7.52. The van der Waals surface area contributed by atoms with Crippen LogP contribution in [0, 0.1) is 11.6 Å². The molecule has 8 heteroatoms. The molecule has 0 aliphatic rings. The Labute approximate surface area is 155 Å². The van der Waals surface area contributed by atoms with E-state index in [0.29, 0.717) is 17.5 Å². The minimum absolute atomic E-state index is 0.121. The number of rotatable bonds is 8. The predicted octanol–water partition coefficient (Wildman–Crippen LogP) is 2.74. The topological polar surface area (TPSA) is 82.9 Å². The Morgan fingerprint density at radius 2 is 1.11 bits per heavy atom. The van der Waals surface area contributed by atoms with Crippen molar-refractivity contribution in [2.75, 3.05) is 0 Å². The van der Waals surface area contributed by atoms with Gasteiger partial charge in [0, 0.05) is 12.8 Å². The molecule has 2 N–H and O–H groups in total. The van der Waals surface area contributed by atoms with Gasteiger partial charge in [0.25, 0.3) is 0 Å². The van der Waals surface area contributed by atoms with Crippen LogP contribution in [0.25, 0.3) is 0 Å². The van der Waals surface area contributed by atoms with Crippen molar-refractivity contribution in [3.8, 4) is 0 Å². The van der Waals surface area contributed by atoms with Gasteiger partial charge in [-0.05, 0) is 41.8 Å². The molecule has 2 rings (SSSR count). The number of nitrogens with zero attached hydrogens (tertiary/aromatic N) is 2. The van der Waals surface area contributed by atoms with E-state index in [1.165, 1.54) is 61.0 Å². The molecule has 0 saturated heterocycles. The number of carbonyl (C=O) groups excluding carboxylic acids is 2. The van der Waals surface area contributed by atoms with Gasteiger partial charge in [-0.1, -0.05) is 24.3 Å². The molecule has 0 aliphatic carbocycles. The van der Waals surface area contributed by atoms with Gasteiger partial charge in [0.2, 0.25) is 11.8 Å². The molecule has 0 unspecified atom stereocenters. The first-order valence-electron chi connectivity index (χ1n) is 8.18. The summed E-state index contributed by atoms with van der Waals surface area (Å²) in [6.07, 6.45) is 3.37. The number of hydrogen-bond acceptors (Lipinski definition) is 4. The van der Waals surface area contributed by atoms with E-state index >= 15 is 0 Å². The van der Waals surface area contributed by atoms with Crippen molar-refractivity contribution in [1.29, 1.82) is 0 Å². The monoisotopic (exact) mass is 372 g/mol. The predicted molar refractivity (Wildman–Crippen MR) is 98.1 cm³/mol. The van der Waals surface area contributed by atoms with E-state index in [2.05, 4.69) is 21.1 Å². The van der Waals surface area contributed by atoms with Gasteiger partial charge in [0.15, 0.2) is 0 Å². The Morgan fingerprint density at radius 1 is 0.741 bits per heavy atom. The standard InChI is InChI=1S/C19H18F2N4O2/c20-16-8-4-14(5-9-16)12-22-24-18(26)2-1-3-19(27)25-23-13-15-6-10-17(21)11-7-15/h4-13H,1-3H2,(H,24,26)(H,25,27)/b22-12-,23-13?. The lowest BCUT2D eigenvalue weighted by Crippen LogP contribution is -2.20. The second kappa shape index (κ2) is 10.5. The third-order valence-corrected chi connectivity index (χ3v) is 3.35. The SMILES string of the molecule is O=C(CCCC(=O)N/N=C\c1ccc(F)cc1)NN=Cc1ccc(F)cc1. The molecular formula is C19H18F2N4O2. The van der Waals surface area contributed by atoms with Gasteiger partial charge in [0.1, 0.15) is 11.6 Å². The summed E-state index contributed by atoms with van der Waals surface area (Å²) in [5.41, 5.74) is 5.96. The van der Waals surface area contributed by atoms with E-state index in [1.807, 2.05) is 0 Å². The maximum Gasteiger partial charge on any atom is 0.240 e. The average Bonchev–Trinajstić information content (AvgIpc) is 2.65. The van der Waals surface area contributed by atoms with Crippen molar-refractivity contribution in [3.05, 3.63) is 71.3 Å². The molecule has 6 nitrogen and oxygen atoms in total. The second-order valence-corrected chi connectivity index (χ2v) is 5.54. The van der Waals surface area contributed by atoms with Gasteiger partial charge in [0.05, 0.1) is 12.4 Å². The van der Waals surface area contributed by atoms with Crippen LogP contribution in [0.1, 0.15) is 30.4 Å². The highest BCUT2D eigenvalue weighted by Gasteiger charge is 2.04. The van der Waals surface area contributed by atoms with Crippen LogP contribution in [-0.4, -0.2) is 24.2 Å². The third-order valence-electron chi connectivity index (χ3n) is 3.35. The molecule has 27 heavy (non-hydrogen) atoms. The Morgan fingerprint density at radius 3 is 1.48 bits per heavy atom. The normalized spacial score (nSPS) is 11.0. The summed E-state index contributed by atoms with van der Waals surface area (Å²) >= 11 is 0. The Balaban J connectivity index is 1.61. The van der Waals surface area contributed by atoms with E-state index < -0.39 is 0 Å². The summed E-state index contributed by atoms with van der Waals surface area (Å²) in [6, 6.07) is 11.3. The zero-order valence-corrected chi connectivity index (χ0v) is 14.4. The smallest absolute Gasteiger partial charge is 0.240 e. The molecule has 0 atom stereocenters. The molecule has 0 radical (unpaired) electrons. The zero-order valence-electron chi connectivity index (χ0n) is 14.4. The minimum Gasteiger partial charge on any atom is -0.273 e. The van der Waals surface area contributed by atoms with Gasteiger partial charge in [-0.3, -0.25) is 9.59 Å². The number of hydrazone groups is 2. The van der Waals surface area contributed by atoms with Gasteiger partial charge in [-0.2, -0.15) is 10.2 Å². The molecule has 0 saturated carbocycles. The molecule has 0 aliphatic heterocycles. The summed E-state index contributed by atoms with van der Waals surface area (Å²) in [4.78, 5) is 23.2. The number of amides is 2. The number of nitrogens with one attached hydrogen (secondary N) is 2. The quantitative estimate of drug-likeness (QED) is 0.552. The van der Waals surface area contributed by atoms with Crippen molar-refractivity contribution < 1.29 is 18.4 Å². The molecule has 140 valence electrons. The van der Waals surface area contributed by atoms with Crippen LogP contribution < -0.4 is 10.9 Å². The summed E-state index contributed by atoms with van der Waals surface area (Å²) < 4.78 is 25.5. The fraction of sp³-hybridized carbons (Fsp3) is 0.158. The Bertz CT molecular complexity index is 749. The average molecular weight is 372 g/mol. The van der Waals surface area contributed by atoms with Crippen LogP contribution in [0.5, 0.6) is 0 Å². The maximum atomic E-state index is 12.8. The highest BCUT2D eigenvalue weighted by atomic mass is 19.1. The highest BCUT2D eigenvalue weighted by Crippen LogP contribution is 2.01. The molecule has 2 aromatic carbocycles. The van der Waals surface area contributed by atoms with Crippen molar-refractivity contribution >= 4 is 24.2 Å². The van der Waals surface area contributed by atoms with Crippen LogP contribution in [0.15, 0.2) is 58.7 Å². The summed E-state index contributed by atoms with van der Waals surface area (Å²) in [6.45, 7) is 0. The largest absolute Gasteiger partial charge is 0.273 e. The van der Waals surface area contributed by atoms with Crippen molar-refractivity contribution in [3.63, 3.8) is 0 Å². The highest BCUT2D eigenvalue weighted by molar-refractivity contribution is 5.83. The summed E-state index contributed by atoms with van der Waals surface area (Å²) in [7, 11) is 0. The Hall–Kier alpha value is -3.42. The lowest BCUT2D eigenvalue weighted by atomic mass is 10.2. The van der Waals surface area contributed by atoms with Crippen LogP contribution in [0.4, 0.5) is 8.78 Å². The lowest BCUT2D eigenvalue weighted by molar-refractivity contribution is -0.122. The number of hydrogen-bond donors (Lipinski definition) is 2. The summed E-state index contributed by atoms with van der Waals surface area (Å²) in [5.74, 6) is -1.38. The van der Waals surface area contributed by atoms with Crippen molar-refractivity contribution in [2.24, 2.45) is 10.2 Å². The van der Waals surface area contributed by atoms with E-state index in [1.54, 1.807) is 0 Å². The molecule has 2 amide bonds. The Kier molecular flexibility index (Phi) is 7.77. The van der Waals surface area contributed by atoms with Gasteiger partial charge >= 0.3 is 0 Å². The number of halogens is 2. The molecule has 0 spiro atoms. The first-order valence-corrected chi connectivity index (χ1v) is 8.18. The molecular weight excluding hydrogens is 354 g/mol. The van der Waals surface area contributed by atoms with Gasteiger partial charge < -0.3 is 0 Å². The van der Waals surface area contributed by atoms with Crippen LogP contribution in [-0.2, 0) is 9.59 Å². The van der Waals surface area contributed by atoms with Gasteiger partial charge in [-0.15, -0.1) is 0 Å². The lowest BCUT2D eigenvalue weighted by Gasteiger charge is -2.00. The number of benzene rings is 2. The van der Waals surface area contributed by atoms with Crippen LogP contribution in [0.3, 0.4) is 0 Å². The van der Waals surface area contributed by atoms with Crippen LogP contribution >= 0.6 is 0 Å². The van der Waals surface area contributed by atoms with E-state index in [4.69, 9.17) is 0 Å². The van der Waals surface area contributed by atoms with Crippen molar-refractivity contribution in [2.45, 2.75) is 19.3 Å². The molecule has 0 heterocycles. The molecule has 0 fully saturated rings. The van der Waals surface area contributed by atoms with E-state index in [9.17, 15) is 18.4 Å². The maximum absolute atomic E-state index is 12.8. The molecule has 2 aromatic rings. The number of carbonyl (C=O) groups is 2. The second-order valence-electron chi connectivity index (χ2n) is 5.54. The van der Waals surface area contributed by atoms with E-state index in [-0.39, 0.29) is 36.3 Å². The first kappa shape index (κ1) is 19.9. The first-order chi connectivity index (χ1) is 13.0. The fourth-order valence-corrected chi connectivity index (χ4v) is 1.98. The third kappa shape index (κ3) is 8.00. The van der Waals surface area contributed by atoms with Crippen LogP contribution in [0.2, 0.25) is 0 Å². The molecule has 0 bridgehead atoms. The zero-order chi connectivity index (χ0) is 19.5. The van der Waals surface area contributed by atoms with E-state index in [0.717, 1.165) is 0 Å². The minimum atomic E-state index is -0.350.